The van der Waals surface area contributed by atoms with Crippen LogP contribution in [0.25, 0.3) is 0 Å². The van der Waals surface area contributed by atoms with Crippen molar-refractivity contribution in [1.29, 1.82) is 0 Å². The minimum Gasteiger partial charge on any atom is -0.303 e. The summed E-state index contributed by atoms with van der Waals surface area (Å²) in [6, 6.07) is 22.2. The van der Waals surface area contributed by atoms with E-state index in [2.05, 4.69) is 86.8 Å². The zero-order valence-electron chi connectivity index (χ0n) is 12.7. The molecule has 0 saturated heterocycles. The summed E-state index contributed by atoms with van der Waals surface area (Å²) >= 11 is 0. The molecule has 1 N–H and O–H groups in total. The number of hydrogen-bond acceptors (Lipinski definition) is 1. The van der Waals surface area contributed by atoms with Gasteiger partial charge in [-0.15, -0.1) is 0 Å². The molecule has 0 fully saturated rings. The summed E-state index contributed by atoms with van der Waals surface area (Å²) in [6.45, 7) is 6.81. The van der Waals surface area contributed by atoms with Crippen molar-refractivity contribution < 1.29 is 0 Å². The van der Waals surface area contributed by atoms with Gasteiger partial charge in [-0.3, -0.25) is 0 Å². The fourth-order valence-electron chi connectivity index (χ4n) is 2.60. The summed E-state index contributed by atoms with van der Waals surface area (Å²) in [4.78, 5) is 0. The molecular formula is C19H25N. The van der Waals surface area contributed by atoms with Crippen LogP contribution in [0.5, 0.6) is 0 Å². The summed E-state index contributed by atoms with van der Waals surface area (Å²) in [7, 11) is 0. The van der Waals surface area contributed by atoms with Crippen molar-refractivity contribution in [2.75, 3.05) is 0 Å². The highest BCUT2D eigenvalue weighted by Gasteiger charge is 2.16. The van der Waals surface area contributed by atoms with Gasteiger partial charge >= 0.3 is 0 Å². The Balaban J connectivity index is 2.12. The zero-order chi connectivity index (χ0) is 14.4. The standard InChI is InChI=1S/C19H25N/c1-15(2)14-19(18-12-8-5-9-13-18)20-16(3)17-10-6-4-7-11-17/h4-13,15-16,19-20H,14H2,1-3H3. The first-order valence-electron chi connectivity index (χ1n) is 7.52. The van der Waals surface area contributed by atoms with Gasteiger partial charge in [-0.1, -0.05) is 74.5 Å². The van der Waals surface area contributed by atoms with Crippen molar-refractivity contribution >= 4 is 0 Å². The van der Waals surface area contributed by atoms with Gasteiger partial charge in [0.15, 0.2) is 0 Å². The van der Waals surface area contributed by atoms with E-state index in [4.69, 9.17) is 0 Å². The summed E-state index contributed by atoms with van der Waals surface area (Å²) in [5.41, 5.74) is 2.72. The molecule has 0 heterocycles. The molecule has 2 atom stereocenters. The second-order valence-corrected chi connectivity index (χ2v) is 5.89. The molecule has 106 valence electrons. The van der Waals surface area contributed by atoms with E-state index in [0.717, 1.165) is 6.42 Å². The Morgan fingerprint density at radius 1 is 0.750 bits per heavy atom. The lowest BCUT2D eigenvalue weighted by Gasteiger charge is -2.25. The normalized spacial score (nSPS) is 14.2. The Hall–Kier alpha value is -1.60. The van der Waals surface area contributed by atoms with Gasteiger partial charge in [0.2, 0.25) is 0 Å². The predicted molar refractivity (Wildman–Crippen MR) is 86.6 cm³/mol. The van der Waals surface area contributed by atoms with E-state index in [-0.39, 0.29) is 0 Å². The summed E-state index contributed by atoms with van der Waals surface area (Å²) in [5, 5.41) is 3.78. The highest BCUT2D eigenvalue weighted by molar-refractivity contribution is 5.22. The van der Waals surface area contributed by atoms with Crippen molar-refractivity contribution in [1.82, 2.24) is 5.32 Å². The molecule has 1 heteroatoms. The summed E-state index contributed by atoms with van der Waals surface area (Å²) < 4.78 is 0. The van der Waals surface area contributed by atoms with Gasteiger partial charge in [0.1, 0.15) is 0 Å². The third kappa shape index (κ3) is 4.21. The molecule has 0 aliphatic carbocycles. The molecule has 1 nitrogen and oxygen atoms in total. The van der Waals surface area contributed by atoms with Gasteiger partial charge in [0.25, 0.3) is 0 Å². The SMILES string of the molecule is CC(C)CC(NC(C)c1ccccc1)c1ccccc1. The highest BCUT2D eigenvalue weighted by Crippen LogP contribution is 2.25. The van der Waals surface area contributed by atoms with Crippen molar-refractivity contribution in [3.05, 3.63) is 71.8 Å². The van der Waals surface area contributed by atoms with Crippen LogP contribution in [-0.2, 0) is 0 Å². The third-order valence-electron chi connectivity index (χ3n) is 3.66. The van der Waals surface area contributed by atoms with Crippen LogP contribution in [0.3, 0.4) is 0 Å². The Morgan fingerprint density at radius 2 is 1.25 bits per heavy atom. The van der Waals surface area contributed by atoms with E-state index in [1.54, 1.807) is 0 Å². The minimum absolute atomic E-state index is 0.361. The Kier molecular flexibility index (Phi) is 5.37. The van der Waals surface area contributed by atoms with Gasteiger partial charge < -0.3 is 5.32 Å². The molecule has 0 amide bonds. The van der Waals surface area contributed by atoms with Crippen molar-refractivity contribution in [3.8, 4) is 0 Å². The molecule has 0 saturated carbocycles. The lowest BCUT2D eigenvalue weighted by molar-refractivity contribution is 0.394. The largest absolute Gasteiger partial charge is 0.303 e. The molecule has 0 radical (unpaired) electrons. The monoisotopic (exact) mass is 267 g/mol. The topological polar surface area (TPSA) is 12.0 Å². The summed E-state index contributed by atoms with van der Waals surface area (Å²) in [5.74, 6) is 0.677. The molecule has 20 heavy (non-hydrogen) atoms. The van der Waals surface area contributed by atoms with Crippen LogP contribution in [0.1, 0.15) is 50.4 Å². The van der Waals surface area contributed by atoms with Crippen LogP contribution in [-0.4, -0.2) is 0 Å². The second kappa shape index (κ2) is 7.25. The van der Waals surface area contributed by atoms with Crippen LogP contribution in [0.2, 0.25) is 0 Å². The molecule has 0 aromatic heterocycles. The molecule has 2 unspecified atom stereocenters. The first-order chi connectivity index (χ1) is 9.66. The lowest BCUT2D eigenvalue weighted by Crippen LogP contribution is -2.25. The molecule has 0 aliphatic rings. The lowest BCUT2D eigenvalue weighted by atomic mass is 9.95. The van der Waals surface area contributed by atoms with Crippen LogP contribution >= 0.6 is 0 Å². The van der Waals surface area contributed by atoms with E-state index < -0.39 is 0 Å². The fourth-order valence-corrected chi connectivity index (χ4v) is 2.60. The van der Waals surface area contributed by atoms with Crippen LogP contribution in [0, 0.1) is 5.92 Å². The van der Waals surface area contributed by atoms with Crippen LogP contribution < -0.4 is 5.32 Å². The molecule has 0 aliphatic heterocycles. The Morgan fingerprint density at radius 3 is 1.75 bits per heavy atom. The minimum atomic E-state index is 0.361. The van der Waals surface area contributed by atoms with Crippen LogP contribution in [0.15, 0.2) is 60.7 Å². The van der Waals surface area contributed by atoms with E-state index >= 15 is 0 Å². The quantitative estimate of drug-likeness (QED) is 0.765. The van der Waals surface area contributed by atoms with Crippen molar-refractivity contribution in [2.24, 2.45) is 5.92 Å². The van der Waals surface area contributed by atoms with Crippen molar-refractivity contribution in [3.63, 3.8) is 0 Å². The van der Waals surface area contributed by atoms with E-state index in [0.29, 0.717) is 18.0 Å². The number of benzene rings is 2. The third-order valence-corrected chi connectivity index (χ3v) is 3.66. The van der Waals surface area contributed by atoms with Gasteiger partial charge in [0.05, 0.1) is 0 Å². The smallest absolute Gasteiger partial charge is 0.0328 e. The van der Waals surface area contributed by atoms with Gasteiger partial charge in [-0.05, 0) is 30.4 Å². The van der Waals surface area contributed by atoms with E-state index in [1.807, 2.05) is 0 Å². The highest BCUT2D eigenvalue weighted by atomic mass is 14.9. The maximum absolute atomic E-state index is 3.78. The summed E-state index contributed by atoms with van der Waals surface area (Å²) in [6.07, 6.45) is 1.15. The molecule has 0 bridgehead atoms. The zero-order valence-corrected chi connectivity index (χ0v) is 12.7. The first-order valence-corrected chi connectivity index (χ1v) is 7.52. The number of rotatable bonds is 6. The molecule has 2 aromatic rings. The second-order valence-electron chi connectivity index (χ2n) is 5.89. The van der Waals surface area contributed by atoms with Gasteiger partial charge in [-0.25, -0.2) is 0 Å². The molecule has 2 aromatic carbocycles. The number of hydrogen-bond donors (Lipinski definition) is 1. The van der Waals surface area contributed by atoms with E-state index in [9.17, 15) is 0 Å². The fraction of sp³-hybridized carbons (Fsp3) is 0.368. The maximum atomic E-state index is 3.78. The van der Waals surface area contributed by atoms with E-state index in [1.165, 1.54) is 11.1 Å². The van der Waals surface area contributed by atoms with Gasteiger partial charge in [-0.2, -0.15) is 0 Å². The molecule has 2 rings (SSSR count). The maximum Gasteiger partial charge on any atom is 0.0328 e. The Bertz CT molecular complexity index is 490. The molecule has 0 spiro atoms. The average Bonchev–Trinajstić information content (AvgIpc) is 2.48. The van der Waals surface area contributed by atoms with Gasteiger partial charge in [0, 0.05) is 12.1 Å². The van der Waals surface area contributed by atoms with Crippen LogP contribution in [0.4, 0.5) is 0 Å². The predicted octanol–water partition coefficient (Wildman–Crippen LogP) is 5.12. The average molecular weight is 267 g/mol. The van der Waals surface area contributed by atoms with Crippen molar-refractivity contribution in [2.45, 2.75) is 39.3 Å². The first kappa shape index (κ1) is 14.8. The number of nitrogens with one attached hydrogen (secondary N) is 1. The molecular weight excluding hydrogens is 242 g/mol. The Labute approximate surface area is 123 Å².